The van der Waals surface area contributed by atoms with Crippen molar-refractivity contribution in [1.29, 1.82) is 0 Å². The molecule has 1 spiro atoms. The lowest BCUT2D eigenvalue weighted by Gasteiger charge is -2.48. The van der Waals surface area contributed by atoms with Crippen LogP contribution in [0.4, 0.5) is 0 Å². The molecule has 0 radical (unpaired) electrons. The van der Waals surface area contributed by atoms with Gasteiger partial charge in [-0.2, -0.15) is 0 Å². The lowest BCUT2D eigenvalue weighted by molar-refractivity contribution is -0.0364. The first-order chi connectivity index (χ1) is 9.82. The fourth-order valence-corrected chi connectivity index (χ4v) is 3.70. The van der Waals surface area contributed by atoms with Crippen molar-refractivity contribution in [2.45, 2.75) is 64.5 Å². The van der Waals surface area contributed by atoms with Gasteiger partial charge in [0.15, 0.2) is 10.9 Å². The molecule has 3 rings (SSSR count). The maximum Gasteiger partial charge on any atom is 0.171 e. The lowest BCUT2D eigenvalue weighted by Crippen LogP contribution is -2.48. The highest BCUT2D eigenvalue weighted by Crippen LogP contribution is 2.50. The van der Waals surface area contributed by atoms with Crippen LogP contribution >= 0.6 is 11.6 Å². The highest BCUT2D eigenvalue weighted by atomic mass is 35.5. The summed E-state index contributed by atoms with van der Waals surface area (Å²) in [6.45, 7) is 6.66. The van der Waals surface area contributed by atoms with Crippen molar-refractivity contribution in [1.82, 2.24) is 10.3 Å². The molecule has 1 aromatic heterocycles. The van der Waals surface area contributed by atoms with Crippen LogP contribution in [0.2, 0.25) is 5.15 Å². The standard InChI is InChI=1S/C17H25ClN2O/c1-16(2,3)9-11-8-12-13(19-4)10-17(6-5-7-17)21-14(12)15(18)20-11/h8,13,19H,5-7,9-10H2,1-4H3. The Morgan fingerprint density at radius 2 is 2.14 bits per heavy atom. The van der Waals surface area contributed by atoms with E-state index < -0.39 is 0 Å². The van der Waals surface area contributed by atoms with Crippen molar-refractivity contribution in [3.05, 3.63) is 22.5 Å². The molecule has 1 saturated carbocycles. The first kappa shape index (κ1) is 15.1. The van der Waals surface area contributed by atoms with E-state index in [1.54, 1.807) is 0 Å². The van der Waals surface area contributed by atoms with E-state index >= 15 is 0 Å². The van der Waals surface area contributed by atoms with Crippen LogP contribution in [0, 0.1) is 5.41 Å². The quantitative estimate of drug-likeness (QED) is 0.828. The van der Waals surface area contributed by atoms with Crippen molar-refractivity contribution in [2.24, 2.45) is 5.41 Å². The van der Waals surface area contributed by atoms with E-state index in [1.807, 2.05) is 7.05 Å². The molecule has 116 valence electrons. The van der Waals surface area contributed by atoms with Gasteiger partial charge >= 0.3 is 0 Å². The molecule has 4 heteroatoms. The van der Waals surface area contributed by atoms with Crippen LogP contribution in [-0.2, 0) is 6.42 Å². The van der Waals surface area contributed by atoms with E-state index in [0.29, 0.717) is 11.2 Å². The largest absolute Gasteiger partial charge is 0.484 e. The maximum atomic E-state index is 6.44. The van der Waals surface area contributed by atoms with Gasteiger partial charge in [0.2, 0.25) is 0 Å². The minimum absolute atomic E-state index is 0.00244. The van der Waals surface area contributed by atoms with E-state index in [0.717, 1.165) is 37.1 Å². The van der Waals surface area contributed by atoms with Crippen molar-refractivity contribution in [3.8, 4) is 5.75 Å². The summed E-state index contributed by atoms with van der Waals surface area (Å²) >= 11 is 6.44. The number of nitrogens with one attached hydrogen (secondary N) is 1. The minimum Gasteiger partial charge on any atom is -0.484 e. The molecule has 1 aliphatic heterocycles. The van der Waals surface area contributed by atoms with Gasteiger partial charge in [-0.3, -0.25) is 0 Å². The molecule has 1 atom stereocenters. The van der Waals surface area contributed by atoms with Crippen molar-refractivity contribution in [3.63, 3.8) is 0 Å². The van der Waals surface area contributed by atoms with Gasteiger partial charge < -0.3 is 10.1 Å². The SMILES string of the molecule is CNC1CC2(CCC2)Oc2c1cc(CC(C)(C)C)nc2Cl. The topological polar surface area (TPSA) is 34.1 Å². The third kappa shape index (κ3) is 2.91. The second kappa shape index (κ2) is 5.13. The fourth-order valence-electron chi connectivity index (χ4n) is 3.44. The summed E-state index contributed by atoms with van der Waals surface area (Å²) in [7, 11) is 2.02. The van der Waals surface area contributed by atoms with Gasteiger partial charge in [0, 0.05) is 23.7 Å². The number of hydrogen-bond donors (Lipinski definition) is 1. The van der Waals surface area contributed by atoms with Crippen LogP contribution < -0.4 is 10.1 Å². The number of fused-ring (bicyclic) bond motifs is 1. The molecule has 0 bridgehead atoms. The summed E-state index contributed by atoms with van der Waals surface area (Å²) < 4.78 is 6.27. The smallest absolute Gasteiger partial charge is 0.171 e. The second-order valence-corrected chi connectivity index (χ2v) is 8.10. The van der Waals surface area contributed by atoms with E-state index in [2.05, 4.69) is 37.1 Å². The molecule has 0 saturated heterocycles. The number of aromatic nitrogens is 1. The van der Waals surface area contributed by atoms with Crippen molar-refractivity contribution >= 4 is 11.6 Å². The summed E-state index contributed by atoms with van der Waals surface area (Å²) in [6.07, 6.45) is 5.46. The van der Waals surface area contributed by atoms with Gasteiger partial charge in [0.1, 0.15) is 5.60 Å². The Hall–Kier alpha value is -0.800. The van der Waals surface area contributed by atoms with Crippen molar-refractivity contribution < 1.29 is 4.74 Å². The molecular formula is C17H25ClN2O. The minimum atomic E-state index is -0.00244. The number of nitrogens with zero attached hydrogens (tertiary/aromatic N) is 1. The molecule has 0 amide bonds. The summed E-state index contributed by atoms with van der Waals surface area (Å²) in [4.78, 5) is 4.58. The van der Waals surface area contributed by atoms with Gasteiger partial charge in [-0.15, -0.1) is 0 Å². The highest BCUT2D eigenvalue weighted by molar-refractivity contribution is 6.31. The molecule has 1 aliphatic carbocycles. The number of pyridine rings is 1. The van der Waals surface area contributed by atoms with Crippen LogP contribution in [-0.4, -0.2) is 17.6 Å². The van der Waals surface area contributed by atoms with Crippen LogP contribution in [0.3, 0.4) is 0 Å². The van der Waals surface area contributed by atoms with E-state index in [1.165, 1.54) is 12.0 Å². The molecular weight excluding hydrogens is 284 g/mol. The zero-order chi connectivity index (χ0) is 15.3. The molecule has 2 aliphatic rings. The number of rotatable bonds is 2. The van der Waals surface area contributed by atoms with Crippen LogP contribution in [0.25, 0.3) is 0 Å². The summed E-state index contributed by atoms with van der Waals surface area (Å²) in [5.74, 6) is 0.805. The summed E-state index contributed by atoms with van der Waals surface area (Å²) in [5.41, 5.74) is 2.43. The highest BCUT2D eigenvalue weighted by Gasteiger charge is 2.46. The van der Waals surface area contributed by atoms with Gasteiger partial charge in [-0.1, -0.05) is 32.4 Å². The van der Waals surface area contributed by atoms with Crippen LogP contribution in [0.1, 0.15) is 63.8 Å². The average molecular weight is 309 g/mol. The molecule has 1 fully saturated rings. The monoisotopic (exact) mass is 308 g/mol. The van der Waals surface area contributed by atoms with E-state index in [4.69, 9.17) is 16.3 Å². The Morgan fingerprint density at radius 3 is 2.67 bits per heavy atom. The number of hydrogen-bond acceptors (Lipinski definition) is 3. The van der Waals surface area contributed by atoms with E-state index in [9.17, 15) is 0 Å². The first-order valence-corrected chi connectivity index (χ1v) is 8.25. The molecule has 1 aromatic rings. The molecule has 1 N–H and O–H groups in total. The zero-order valence-corrected chi connectivity index (χ0v) is 14.2. The summed E-state index contributed by atoms with van der Waals surface area (Å²) in [6, 6.07) is 2.49. The number of halogens is 1. The second-order valence-electron chi connectivity index (χ2n) is 7.74. The Bertz CT molecular complexity index is 546. The Balaban J connectivity index is 1.98. The number of ether oxygens (including phenoxy) is 1. The Morgan fingerprint density at radius 1 is 1.43 bits per heavy atom. The molecule has 1 unspecified atom stereocenters. The normalized spacial score (nSPS) is 23.4. The first-order valence-electron chi connectivity index (χ1n) is 7.88. The zero-order valence-electron chi connectivity index (χ0n) is 13.4. The summed E-state index contributed by atoms with van der Waals surface area (Å²) in [5, 5.41) is 3.96. The lowest BCUT2D eigenvalue weighted by atomic mass is 9.73. The molecule has 21 heavy (non-hydrogen) atoms. The third-order valence-electron chi connectivity index (χ3n) is 4.61. The van der Waals surface area contributed by atoms with Crippen LogP contribution in [0.15, 0.2) is 6.07 Å². The van der Waals surface area contributed by atoms with Gasteiger partial charge in [0.25, 0.3) is 0 Å². The Kier molecular flexibility index (Phi) is 3.69. The fraction of sp³-hybridized carbons (Fsp3) is 0.706. The molecule has 0 aromatic carbocycles. The van der Waals surface area contributed by atoms with Crippen molar-refractivity contribution in [2.75, 3.05) is 7.05 Å². The predicted molar refractivity (Wildman–Crippen MR) is 86.0 cm³/mol. The van der Waals surface area contributed by atoms with Gasteiger partial charge in [-0.25, -0.2) is 4.98 Å². The average Bonchev–Trinajstić information content (AvgIpc) is 2.34. The predicted octanol–water partition coefficient (Wildman–Crippen LogP) is 4.29. The third-order valence-corrected chi connectivity index (χ3v) is 4.86. The van der Waals surface area contributed by atoms with Gasteiger partial charge in [-0.05, 0) is 44.2 Å². The molecule has 2 heterocycles. The maximum absolute atomic E-state index is 6.44. The van der Waals surface area contributed by atoms with Crippen LogP contribution in [0.5, 0.6) is 5.75 Å². The Labute approximate surface area is 132 Å². The molecule has 3 nitrogen and oxygen atoms in total. The van der Waals surface area contributed by atoms with E-state index in [-0.39, 0.29) is 11.0 Å². The van der Waals surface area contributed by atoms with Gasteiger partial charge in [0.05, 0.1) is 0 Å².